The number of rotatable bonds is 3. The molecule has 0 amide bonds. The van der Waals surface area contributed by atoms with Crippen molar-refractivity contribution in [1.82, 2.24) is 0 Å². The van der Waals surface area contributed by atoms with Crippen LogP contribution in [0.2, 0.25) is 0 Å². The van der Waals surface area contributed by atoms with E-state index in [9.17, 15) is 4.79 Å². The lowest BCUT2D eigenvalue weighted by molar-refractivity contribution is -0.128. The third-order valence-electron chi connectivity index (χ3n) is 2.72. The molecule has 1 aromatic rings. The highest BCUT2D eigenvalue weighted by Crippen LogP contribution is 2.24. The fourth-order valence-electron chi connectivity index (χ4n) is 1.83. The van der Waals surface area contributed by atoms with Gasteiger partial charge in [-0.1, -0.05) is 6.07 Å². The Bertz CT molecular complexity index is 317. The van der Waals surface area contributed by atoms with Gasteiger partial charge in [0.2, 0.25) is 0 Å². The van der Waals surface area contributed by atoms with Crippen LogP contribution in [0.5, 0.6) is 0 Å². The molecule has 1 aliphatic heterocycles. The molecule has 0 spiro atoms. The minimum absolute atomic E-state index is 0.00384. The monoisotopic (exact) mass is 225 g/mol. The van der Waals surface area contributed by atoms with Crippen LogP contribution in [-0.4, -0.2) is 19.0 Å². The molecule has 0 saturated carbocycles. The fourth-order valence-corrected chi connectivity index (χ4v) is 2.56. The maximum absolute atomic E-state index is 12.0. The number of Topliss-reactive ketones (excluding diaryl/α,β-unsaturated/α-hetero) is 1. The van der Waals surface area contributed by atoms with E-state index in [2.05, 4.69) is 0 Å². The smallest absolute Gasteiger partial charge is 0.160 e. The third kappa shape index (κ3) is 2.45. The van der Waals surface area contributed by atoms with Crippen LogP contribution in [0.15, 0.2) is 17.5 Å². The van der Waals surface area contributed by atoms with Crippen molar-refractivity contribution in [2.45, 2.75) is 18.9 Å². The molecule has 2 N–H and O–H groups in total. The van der Waals surface area contributed by atoms with Gasteiger partial charge in [-0.2, -0.15) is 0 Å². The molecule has 2 heterocycles. The Morgan fingerprint density at radius 1 is 1.67 bits per heavy atom. The molecule has 1 saturated heterocycles. The van der Waals surface area contributed by atoms with Crippen molar-refractivity contribution in [2.24, 2.45) is 11.7 Å². The summed E-state index contributed by atoms with van der Waals surface area (Å²) in [7, 11) is 0. The average Bonchev–Trinajstić information content (AvgIpc) is 2.82. The molecule has 0 radical (unpaired) electrons. The van der Waals surface area contributed by atoms with Gasteiger partial charge < -0.3 is 10.5 Å². The van der Waals surface area contributed by atoms with E-state index >= 15 is 0 Å². The number of ketones is 1. The lowest BCUT2D eigenvalue weighted by Gasteiger charge is -2.23. The number of ether oxygens (including phenoxy) is 1. The third-order valence-corrected chi connectivity index (χ3v) is 3.67. The van der Waals surface area contributed by atoms with E-state index in [4.69, 9.17) is 10.5 Å². The summed E-state index contributed by atoms with van der Waals surface area (Å²) in [4.78, 5) is 12.9. The minimum Gasteiger partial charge on any atom is -0.381 e. The molecule has 0 aromatic carbocycles. The van der Waals surface area contributed by atoms with E-state index in [1.807, 2.05) is 17.5 Å². The first kappa shape index (κ1) is 10.8. The standard InChI is InChI=1S/C11H15NO2S/c12-10(9-4-2-6-15-9)11(13)8-3-1-5-14-7-8/h2,4,6,8,10H,1,3,5,7,12H2. The molecule has 0 aliphatic carbocycles. The Kier molecular flexibility index (Phi) is 3.51. The average molecular weight is 225 g/mol. The SMILES string of the molecule is NC(C(=O)C1CCCOC1)c1cccs1. The maximum atomic E-state index is 12.0. The molecule has 2 unspecified atom stereocenters. The topological polar surface area (TPSA) is 52.3 Å². The van der Waals surface area contributed by atoms with Gasteiger partial charge in [0.1, 0.15) is 0 Å². The summed E-state index contributed by atoms with van der Waals surface area (Å²) in [5.74, 6) is 0.119. The summed E-state index contributed by atoms with van der Waals surface area (Å²) in [5, 5.41) is 1.94. The van der Waals surface area contributed by atoms with Crippen LogP contribution >= 0.6 is 11.3 Å². The van der Waals surface area contributed by atoms with E-state index in [1.54, 1.807) is 0 Å². The maximum Gasteiger partial charge on any atom is 0.160 e. The number of carbonyl (C=O) groups excluding carboxylic acids is 1. The molecule has 2 rings (SSSR count). The highest BCUT2D eigenvalue weighted by Gasteiger charge is 2.27. The molecule has 0 bridgehead atoms. The number of thiophene rings is 1. The normalized spacial score (nSPS) is 23.7. The van der Waals surface area contributed by atoms with Crippen LogP contribution in [0.25, 0.3) is 0 Å². The minimum atomic E-state index is -0.461. The highest BCUT2D eigenvalue weighted by molar-refractivity contribution is 7.10. The Balaban J connectivity index is 2.00. The summed E-state index contributed by atoms with van der Waals surface area (Å²) in [5.41, 5.74) is 5.92. The predicted molar refractivity (Wildman–Crippen MR) is 59.8 cm³/mol. The second-order valence-electron chi connectivity index (χ2n) is 3.81. The van der Waals surface area contributed by atoms with Gasteiger partial charge in [-0.25, -0.2) is 0 Å². The van der Waals surface area contributed by atoms with Gasteiger partial charge in [0, 0.05) is 17.4 Å². The first-order valence-corrected chi connectivity index (χ1v) is 6.07. The fraction of sp³-hybridized carbons (Fsp3) is 0.545. The van der Waals surface area contributed by atoms with Crippen molar-refractivity contribution in [1.29, 1.82) is 0 Å². The Hall–Kier alpha value is -0.710. The first-order valence-electron chi connectivity index (χ1n) is 5.19. The number of hydrogen-bond acceptors (Lipinski definition) is 4. The highest BCUT2D eigenvalue weighted by atomic mass is 32.1. The van der Waals surface area contributed by atoms with E-state index < -0.39 is 6.04 Å². The van der Waals surface area contributed by atoms with Crippen molar-refractivity contribution in [2.75, 3.05) is 13.2 Å². The zero-order valence-electron chi connectivity index (χ0n) is 8.52. The lowest BCUT2D eigenvalue weighted by Crippen LogP contribution is -2.32. The Labute approximate surface area is 93.2 Å². The van der Waals surface area contributed by atoms with Gasteiger partial charge in [0.15, 0.2) is 5.78 Å². The second kappa shape index (κ2) is 4.88. The van der Waals surface area contributed by atoms with Crippen molar-refractivity contribution >= 4 is 17.1 Å². The van der Waals surface area contributed by atoms with Gasteiger partial charge in [0.05, 0.1) is 12.6 Å². The quantitative estimate of drug-likeness (QED) is 0.852. The molecule has 1 fully saturated rings. The van der Waals surface area contributed by atoms with Crippen LogP contribution in [0.3, 0.4) is 0 Å². The van der Waals surface area contributed by atoms with Gasteiger partial charge in [-0.15, -0.1) is 11.3 Å². The Morgan fingerprint density at radius 3 is 3.13 bits per heavy atom. The zero-order chi connectivity index (χ0) is 10.7. The predicted octanol–water partition coefficient (Wildman–Crippen LogP) is 1.74. The number of carbonyl (C=O) groups is 1. The van der Waals surface area contributed by atoms with Gasteiger partial charge in [0.25, 0.3) is 0 Å². The second-order valence-corrected chi connectivity index (χ2v) is 4.79. The first-order chi connectivity index (χ1) is 7.29. The molecule has 15 heavy (non-hydrogen) atoms. The van der Waals surface area contributed by atoms with Crippen molar-refractivity contribution in [3.05, 3.63) is 22.4 Å². The number of nitrogens with two attached hydrogens (primary N) is 1. The van der Waals surface area contributed by atoms with Crippen molar-refractivity contribution in [3.8, 4) is 0 Å². The van der Waals surface area contributed by atoms with Crippen LogP contribution in [0.4, 0.5) is 0 Å². The summed E-state index contributed by atoms with van der Waals surface area (Å²) >= 11 is 1.54. The molecule has 4 heteroatoms. The molecular formula is C11H15NO2S. The molecule has 1 aromatic heterocycles. The summed E-state index contributed by atoms with van der Waals surface area (Å²) in [6.45, 7) is 1.32. The van der Waals surface area contributed by atoms with Crippen LogP contribution < -0.4 is 5.73 Å². The van der Waals surface area contributed by atoms with Gasteiger partial charge >= 0.3 is 0 Å². The van der Waals surface area contributed by atoms with E-state index in [0.717, 1.165) is 24.3 Å². The summed E-state index contributed by atoms with van der Waals surface area (Å²) in [6, 6.07) is 3.37. The van der Waals surface area contributed by atoms with Crippen LogP contribution in [0.1, 0.15) is 23.8 Å². The van der Waals surface area contributed by atoms with E-state index in [-0.39, 0.29) is 11.7 Å². The van der Waals surface area contributed by atoms with Gasteiger partial charge in [-0.05, 0) is 24.3 Å². The molecule has 3 nitrogen and oxygen atoms in total. The van der Waals surface area contributed by atoms with Crippen molar-refractivity contribution in [3.63, 3.8) is 0 Å². The molecule has 2 atom stereocenters. The Morgan fingerprint density at radius 2 is 2.53 bits per heavy atom. The van der Waals surface area contributed by atoms with E-state index in [1.165, 1.54) is 11.3 Å². The van der Waals surface area contributed by atoms with Crippen LogP contribution in [-0.2, 0) is 9.53 Å². The lowest BCUT2D eigenvalue weighted by atomic mass is 9.92. The van der Waals surface area contributed by atoms with Gasteiger partial charge in [-0.3, -0.25) is 4.79 Å². The summed E-state index contributed by atoms with van der Waals surface area (Å²) < 4.78 is 5.30. The molecule has 82 valence electrons. The van der Waals surface area contributed by atoms with Crippen LogP contribution in [0, 0.1) is 5.92 Å². The largest absolute Gasteiger partial charge is 0.381 e. The number of hydrogen-bond donors (Lipinski definition) is 1. The summed E-state index contributed by atoms with van der Waals surface area (Å²) in [6.07, 6.45) is 1.88. The van der Waals surface area contributed by atoms with E-state index in [0.29, 0.717) is 6.61 Å². The molecular weight excluding hydrogens is 210 g/mol. The molecule has 1 aliphatic rings. The van der Waals surface area contributed by atoms with Crippen molar-refractivity contribution < 1.29 is 9.53 Å². The zero-order valence-corrected chi connectivity index (χ0v) is 9.33.